The van der Waals surface area contributed by atoms with Gasteiger partial charge in [0.1, 0.15) is 5.71 Å². The Morgan fingerprint density at radius 2 is 1.85 bits per heavy atom. The fraction of sp³-hybridized carbons (Fsp3) is 0.296. The third-order valence-corrected chi connectivity index (χ3v) is 5.80. The fourth-order valence-corrected chi connectivity index (χ4v) is 3.94. The third kappa shape index (κ3) is 5.50. The summed E-state index contributed by atoms with van der Waals surface area (Å²) in [6.07, 6.45) is 4.53. The van der Waals surface area contributed by atoms with Crippen LogP contribution in [0.25, 0.3) is 21.9 Å². The van der Waals surface area contributed by atoms with Gasteiger partial charge in [0, 0.05) is 29.7 Å². The van der Waals surface area contributed by atoms with Crippen molar-refractivity contribution in [3.05, 3.63) is 66.0 Å². The molecular weight excluding hydrogens is 428 g/mol. The van der Waals surface area contributed by atoms with E-state index in [9.17, 15) is 4.79 Å². The molecule has 4 rings (SSSR count). The van der Waals surface area contributed by atoms with Crippen molar-refractivity contribution in [3.8, 4) is 11.1 Å². The Labute approximate surface area is 199 Å². The molecule has 34 heavy (non-hydrogen) atoms. The summed E-state index contributed by atoms with van der Waals surface area (Å²) in [4.78, 5) is 33.5. The first-order chi connectivity index (χ1) is 16.2. The molecule has 0 spiro atoms. The molecule has 0 atom stereocenters. The largest absolute Gasteiger partial charge is 0.373 e. The third-order valence-electron chi connectivity index (χ3n) is 5.80. The minimum Gasteiger partial charge on any atom is -0.343 e. The first-order valence-corrected chi connectivity index (χ1v) is 11.0. The molecular formula is C27H29N4O3+. The first-order valence-electron chi connectivity index (χ1n) is 11.0. The lowest BCUT2D eigenvalue weighted by molar-refractivity contribution is -0.498. The van der Waals surface area contributed by atoms with Crippen molar-refractivity contribution in [2.24, 2.45) is 10.5 Å². The van der Waals surface area contributed by atoms with E-state index in [1.54, 1.807) is 4.68 Å². The Kier molecular flexibility index (Phi) is 7.49. The zero-order valence-electron chi connectivity index (χ0n) is 20.2. The maximum absolute atomic E-state index is 12.9. The van der Waals surface area contributed by atoms with Crippen LogP contribution in [-0.2, 0) is 20.9 Å². The second-order valence-corrected chi connectivity index (χ2v) is 9.27. The second kappa shape index (κ2) is 10.3. The number of amides is 1. The van der Waals surface area contributed by atoms with Crippen molar-refractivity contribution >= 4 is 34.3 Å². The van der Waals surface area contributed by atoms with E-state index in [4.69, 9.17) is 9.59 Å². The molecule has 0 fully saturated rings. The molecule has 0 saturated heterocycles. The molecule has 0 unspecified atom stereocenters. The number of fused-ring (bicyclic) bond motifs is 1. The quantitative estimate of drug-likeness (QED) is 0.596. The number of rotatable bonds is 4. The summed E-state index contributed by atoms with van der Waals surface area (Å²) in [6, 6.07) is 14.8. The molecule has 0 aliphatic carbocycles. The molecule has 0 saturated carbocycles. The number of pyridine rings is 1. The van der Waals surface area contributed by atoms with Gasteiger partial charge in [-0.2, -0.15) is 9.59 Å². The molecule has 1 amide bonds. The molecule has 0 bridgehead atoms. The predicted molar refractivity (Wildman–Crippen MR) is 131 cm³/mol. The van der Waals surface area contributed by atoms with E-state index in [1.807, 2.05) is 25.5 Å². The summed E-state index contributed by atoms with van der Waals surface area (Å²) in [5.74, 6) is -0.0784. The summed E-state index contributed by atoms with van der Waals surface area (Å²) in [7, 11) is 1.84. The highest BCUT2D eigenvalue weighted by Gasteiger charge is 2.35. The first kappa shape index (κ1) is 24.7. The van der Waals surface area contributed by atoms with Crippen LogP contribution in [0.1, 0.15) is 38.3 Å². The van der Waals surface area contributed by atoms with Crippen LogP contribution in [0, 0.1) is 12.3 Å². The van der Waals surface area contributed by atoms with Gasteiger partial charge in [-0.25, -0.2) is 0 Å². The van der Waals surface area contributed by atoms with E-state index in [2.05, 4.69) is 79.5 Å². The van der Waals surface area contributed by atoms with Gasteiger partial charge in [-0.15, -0.1) is 0 Å². The van der Waals surface area contributed by atoms with Crippen LogP contribution in [-0.4, -0.2) is 40.2 Å². The molecule has 2 aromatic carbocycles. The molecule has 3 aromatic rings. The lowest BCUT2D eigenvalue weighted by Crippen LogP contribution is -2.34. The van der Waals surface area contributed by atoms with Crippen molar-refractivity contribution in [1.82, 2.24) is 10.3 Å². The molecule has 7 nitrogen and oxygen atoms in total. The topological polar surface area (TPSA) is 91.5 Å². The molecule has 1 aromatic heterocycles. The van der Waals surface area contributed by atoms with Crippen molar-refractivity contribution in [1.29, 1.82) is 0 Å². The number of hydrogen-bond acceptors (Lipinski definition) is 5. The van der Waals surface area contributed by atoms with Gasteiger partial charge in [-0.3, -0.25) is 9.78 Å². The van der Waals surface area contributed by atoms with E-state index in [-0.39, 0.29) is 17.5 Å². The van der Waals surface area contributed by atoms with Crippen LogP contribution in [0.2, 0.25) is 0 Å². The van der Waals surface area contributed by atoms with Gasteiger partial charge in [-0.05, 0) is 40.2 Å². The number of nitrogens with one attached hydrogen (secondary N) is 1. The van der Waals surface area contributed by atoms with Crippen LogP contribution in [0.4, 0.5) is 0 Å². The maximum atomic E-state index is 12.9. The van der Waals surface area contributed by atoms with Gasteiger partial charge in [0.05, 0.1) is 6.42 Å². The average molecular weight is 458 g/mol. The molecule has 0 radical (unpaired) electrons. The molecule has 1 N–H and O–H groups in total. The van der Waals surface area contributed by atoms with Crippen LogP contribution in [0.5, 0.6) is 0 Å². The van der Waals surface area contributed by atoms with Crippen LogP contribution in [0.3, 0.4) is 0 Å². The van der Waals surface area contributed by atoms with Gasteiger partial charge in [0.25, 0.3) is 5.71 Å². The predicted octanol–water partition coefficient (Wildman–Crippen LogP) is 4.13. The summed E-state index contributed by atoms with van der Waals surface area (Å²) in [6.45, 7) is 8.90. The van der Waals surface area contributed by atoms with Gasteiger partial charge in [0.15, 0.2) is 7.05 Å². The van der Waals surface area contributed by atoms with Crippen LogP contribution >= 0.6 is 0 Å². The zero-order valence-corrected chi connectivity index (χ0v) is 20.2. The standard InChI is InChI=1S/C26H28N4O.CO2/c1-17-7-6-8-18(13-17)20-10-9-19(22-16-27-12-11-21(20)22)15-28-25(31)23-14-24(26(2,3)4)29-30(23)5;2-1-3/h6-13,16H,14-15H2,1-5H3;/p+1. The van der Waals surface area contributed by atoms with E-state index in [0.717, 1.165) is 22.0 Å². The molecule has 1 aliphatic rings. The zero-order chi connectivity index (χ0) is 24.9. The van der Waals surface area contributed by atoms with E-state index in [1.165, 1.54) is 16.7 Å². The van der Waals surface area contributed by atoms with Crippen molar-refractivity contribution in [2.45, 2.75) is 40.7 Å². The van der Waals surface area contributed by atoms with Crippen molar-refractivity contribution in [2.75, 3.05) is 7.05 Å². The second-order valence-electron chi connectivity index (χ2n) is 9.27. The molecule has 2 heterocycles. The highest BCUT2D eigenvalue weighted by Crippen LogP contribution is 2.31. The number of nitrogens with zero attached hydrogens (tertiary/aromatic N) is 3. The van der Waals surface area contributed by atoms with Crippen LogP contribution in [0.15, 0.2) is 60.0 Å². The number of hydrogen-bond donors (Lipinski definition) is 1. The van der Waals surface area contributed by atoms with E-state index in [0.29, 0.717) is 18.7 Å². The number of hydrazone groups is 1. The number of benzene rings is 2. The smallest absolute Gasteiger partial charge is 0.343 e. The normalized spacial score (nSPS) is 13.1. The average Bonchev–Trinajstić information content (AvgIpc) is 3.20. The summed E-state index contributed by atoms with van der Waals surface area (Å²) < 4.78 is 1.70. The Morgan fingerprint density at radius 3 is 2.50 bits per heavy atom. The molecule has 1 aliphatic heterocycles. The Hall–Kier alpha value is -3.96. The van der Waals surface area contributed by atoms with Crippen molar-refractivity contribution < 1.29 is 19.1 Å². The summed E-state index contributed by atoms with van der Waals surface area (Å²) in [5, 5.41) is 9.84. The van der Waals surface area contributed by atoms with Gasteiger partial charge >= 0.3 is 12.1 Å². The molecule has 174 valence electrons. The summed E-state index contributed by atoms with van der Waals surface area (Å²) >= 11 is 0. The van der Waals surface area contributed by atoms with E-state index >= 15 is 0 Å². The number of carbonyl (C=O) groups is 1. The lowest BCUT2D eigenvalue weighted by atomic mass is 9.87. The number of aromatic nitrogens is 1. The SMILES string of the molecule is Cc1cccc(-c2ccc(CNC(=O)C3=[N+](C)N=C(C(C)(C)C)C3)c3cnccc23)c1.O=C=O. The minimum atomic E-state index is -0.0784. The fourth-order valence-electron chi connectivity index (χ4n) is 3.94. The Morgan fingerprint density at radius 1 is 1.12 bits per heavy atom. The summed E-state index contributed by atoms with van der Waals surface area (Å²) in [5.41, 5.74) is 6.29. The Balaban J connectivity index is 0.00000103. The molecule has 7 heteroatoms. The monoisotopic (exact) mass is 457 g/mol. The van der Waals surface area contributed by atoms with E-state index < -0.39 is 0 Å². The number of aryl methyl sites for hydroxylation is 1. The minimum absolute atomic E-state index is 0.0518. The highest BCUT2D eigenvalue weighted by molar-refractivity contribution is 6.41. The highest BCUT2D eigenvalue weighted by atomic mass is 16.2. The number of carbonyl (C=O) groups excluding carboxylic acids is 3. The van der Waals surface area contributed by atoms with Crippen molar-refractivity contribution in [3.63, 3.8) is 0 Å². The maximum Gasteiger partial charge on any atom is 0.373 e. The van der Waals surface area contributed by atoms with Gasteiger partial charge < -0.3 is 5.32 Å². The lowest BCUT2D eigenvalue weighted by Gasteiger charge is -2.15. The van der Waals surface area contributed by atoms with Crippen LogP contribution < -0.4 is 5.32 Å². The van der Waals surface area contributed by atoms with Gasteiger partial charge in [0.2, 0.25) is 0 Å². The van der Waals surface area contributed by atoms with Gasteiger partial charge in [-0.1, -0.05) is 67.4 Å². The Bertz CT molecular complexity index is 1330.